The summed E-state index contributed by atoms with van der Waals surface area (Å²) in [6.07, 6.45) is -5.30. The zero-order valence-corrected chi connectivity index (χ0v) is 14.1. The van der Waals surface area contributed by atoms with Gasteiger partial charge >= 0.3 is 12.2 Å². The zero-order valence-electron chi connectivity index (χ0n) is 14.1. The third-order valence-electron chi connectivity index (χ3n) is 4.12. The van der Waals surface area contributed by atoms with Crippen molar-refractivity contribution in [3.8, 4) is 0 Å². The van der Waals surface area contributed by atoms with Crippen LogP contribution in [0.5, 0.6) is 0 Å². The van der Waals surface area contributed by atoms with Gasteiger partial charge in [-0.2, -0.15) is 13.2 Å². The molecular formula is C18H13F4N3O3. The lowest BCUT2D eigenvalue weighted by Crippen LogP contribution is -2.69. The fourth-order valence-electron chi connectivity index (χ4n) is 2.67. The predicted molar refractivity (Wildman–Crippen MR) is 88.2 cm³/mol. The summed E-state index contributed by atoms with van der Waals surface area (Å²) in [4.78, 5) is 37.2. The molecule has 1 saturated heterocycles. The van der Waals surface area contributed by atoms with Crippen LogP contribution in [0.2, 0.25) is 0 Å². The lowest BCUT2D eigenvalue weighted by molar-refractivity contribution is -0.200. The first-order valence-electron chi connectivity index (χ1n) is 7.97. The monoisotopic (exact) mass is 395 g/mol. The van der Waals surface area contributed by atoms with Crippen molar-refractivity contribution >= 4 is 17.8 Å². The normalized spacial score (nSPS) is 19.5. The number of hydrogen-bond donors (Lipinski definition) is 2. The van der Waals surface area contributed by atoms with Crippen molar-refractivity contribution in [2.75, 3.05) is 0 Å². The van der Waals surface area contributed by atoms with Gasteiger partial charge in [-0.05, 0) is 29.8 Å². The highest BCUT2D eigenvalue weighted by molar-refractivity contribution is 6.10. The Labute approximate surface area is 156 Å². The summed E-state index contributed by atoms with van der Waals surface area (Å²) >= 11 is 0. The van der Waals surface area contributed by atoms with E-state index in [0.717, 1.165) is 12.1 Å². The number of alkyl halides is 3. The van der Waals surface area contributed by atoms with E-state index in [1.165, 1.54) is 36.4 Å². The molecule has 10 heteroatoms. The summed E-state index contributed by atoms with van der Waals surface area (Å²) in [5, 5.41) is 3.15. The van der Waals surface area contributed by atoms with Gasteiger partial charge in [-0.15, -0.1) is 0 Å². The second-order valence-corrected chi connectivity index (χ2v) is 6.02. The van der Waals surface area contributed by atoms with Gasteiger partial charge in [-0.3, -0.25) is 19.8 Å². The molecule has 146 valence electrons. The fraction of sp³-hybridized carbons (Fsp3) is 0.167. The van der Waals surface area contributed by atoms with Crippen LogP contribution in [0.15, 0.2) is 54.6 Å². The molecule has 1 heterocycles. The third kappa shape index (κ3) is 3.40. The fourth-order valence-corrected chi connectivity index (χ4v) is 2.67. The molecule has 1 aliphatic heterocycles. The minimum atomic E-state index is -5.30. The Morgan fingerprint density at radius 2 is 1.64 bits per heavy atom. The lowest BCUT2D eigenvalue weighted by Gasteiger charge is -2.29. The van der Waals surface area contributed by atoms with Crippen LogP contribution in [0.3, 0.4) is 0 Å². The first-order valence-corrected chi connectivity index (χ1v) is 7.97. The summed E-state index contributed by atoms with van der Waals surface area (Å²) < 4.78 is 54.2. The van der Waals surface area contributed by atoms with E-state index in [1.807, 2.05) is 0 Å². The number of rotatable bonds is 4. The summed E-state index contributed by atoms with van der Waals surface area (Å²) in [5.41, 5.74) is -3.49. The van der Waals surface area contributed by atoms with Crippen LogP contribution >= 0.6 is 0 Å². The molecule has 1 fully saturated rings. The number of amides is 4. The van der Waals surface area contributed by atoms with E-state index < -0.39 is 42.0 Å². The van der Waals surface area contributed by atoms with Crippen LogP contribution in [0.1, 0.15) is 15.9 Å². The van der Waals surface area contributed by atoms with E-state index >= 15 is 0 Å². The number of nitrogens with zero attached hydrogens (tertiary/aromatic N) is 1. The number of nitrogens with one attached hydrogen (secondary N) is 2. The molecule has 0 radical (unpaired) electrons. The minimum Gasteiger partial charge on any atom is -0.314 e. The van der Waals surface area contributed by atoms with Gasteiger partial charge in [-0.25, -0.2) is 9.18 Å². The lowest BCUT2D eigenvalue weighted by atomic mass is 10.1. The molecule has 0 unspecified atom stereocenters. The highest BCUT2D eigenvalue weighted by Crippen LogP contribution is 2.34. The molecule has 28 heavy (non-hydrogen) atoms. The first kappa shape index (κ1) is 19.3. The first-order chi connectivity index (χ1) is 13.1. The van der Waals surface area contributed by atoms with Crippen LogP contribution in [0.25, 0.3) is 0 Å². The van der Waals surface area contributed by atoms with Crippen LogP contribution in [0, 0.1) is 5.82 Å². The topological polar surface area (TPSA) is 78.5 Å². The number of carbonyl (C=O) groups excluding carboxylic acids is 3. The summed E-state index contributed by atoms with van der Waals surface area (Å²) in [6, 6.07) is 10.2. The van der Waals surface area contributed by atoms with Gasteiger partial charge in [0.25, 0.3) is 17.5 Å². The summed E-state index contributed by atoms with van der Waals surface area (Å²) in [7, 11) is 0. The van der Waals surface area contributed by atoms with Crippen LogP contribution in [-0.4, -0.2) is 34.6 Å². The van der Waals surface area contributed by atoms with Crippen LogP contribution in [-0.2, 0) is 11.3 Å². The van der Waals surface area contributed by atoms with E-state index in [4.69, 9.17) is 0 Å². The molecule has 0 aromatic heterocycles. The molecule has 0 saturated carbocycles. The Kier molecular flexibility index (Phi) is 4.80. The number of hydrogen-bond acceptors (Lipinski definition) is 3. The van der Waals surface area contributed by atoms with E-state index in [-0.39, 0.29) is 11.1 Å². The van der Waals surface area contributed by atoms with Gasteiger partial charge in [0.15, 0.2) is 0 Å². The van der Waals surface area contributed by atoms with Gasteiger partial charge < -0.3 is 5.32 Å². The molecule has 2 N–H and O–H groups in total. The molecule has 1 aliphatic rings. The zero-order chi connectivity index (χ0) is 20.5. The van der Waals surface area contributed by atoms with Crippen molar-refractivity contribution in [1.29, 1.82) is 0 Å². The Hall–Kier alpha value is -3.43. The molecule has 2 aromatic rings. The third-order valence-corrected chi connectivity index (χ3v) is 4.12. The number of urea groups is 1. The van der Waals surface area contributed by atoms with Gasteiger partial charge in [-0.1, -0.05) is 30.3 Å². The van der Waals surface area contributed by atoms with Gasteiger partial charge in [0.1, 0.15) is 5.82 Å². The molecule has 0 aliphatic carbocycles. The Bertz CT molecular complexity index is 916. The second-order valence-electron chi connectivity index (χ2n) is 6.02. The smallest absolute Gasteiger partial charge is 0.314 e. The standard InChI is InChI=1S/C18H13F4N3O3/c19-13-8-6-11(7-9-13)10-25-15(27)17(18(20,21)22,24-16(25)28)23-14(26)12-4-2-1-3-5-12/h1-9H,10H2,(H,23,26)(H,24,28)/t17-/m0/s1. The number of halogens is 4. The van der Waals surface area contributed by atoms with Crippen molar-refractivity contribution in [1.82, 2.24) is 15.5 Å². The maximum absolute atomic E-state index is 13.8. The van der Waals surface area contributed by atoms with Gasteiger partial charge in [0, 0.05) is 5.56 Å². The highest BCUT2D eigenvalue weighted by Gasteiger charge is 2.68. The van der Waals surface area contributed by atoms with Crippen molar-refractivity contribution < 1.29 is 31.9 Å². The average molecular weight is 395 g/mol. The molecule has 3 rings (SSSR count). The van der Waals surface area contributed by atoms with Crippen molar-refractivity contribution in [3.05, 3.63) is 71.5 Å². The summed E-state index contributed by atoms with van der Waals surface area (Å²) in [6.45, 7) is -0.524. The maximum Gasteiger partial charge on any atom is 0.440 e. The average Bonchev–Trinajstić information content (AvgIpc) is 2.89. The Morgan fingerprint density at radius 1 is 1.04 bits per heavy atom. The SMILES string of the molecule is O=C(N[C@]1(C(F)(F)F)NC(=O)N(Cc2ccc(F)cc2)C1=O)c1ccccc1. The van der Waals surface area contributed by atoms with E-state index in [0.29, 0.717) is 4.90 Å². The Balaban J connectivity index is 1.91. The number of benzene rings is 2. The quantitative estimate of drug-likeness (QED) is 0.617. The van der Waals surface area contributed by atoms with E-state index in [9.17, 15) is 31.9 Å². The van der Waals surface area contributed by atoms with Gasteiger partial charge in [0.05, 0.1) is 6.54 Å². The van der Waals surface area contributed by atoms with Crippen LogP contribution in [0.4, 0.5) is 22.4 Å². The second kappa shape index (κ2) is 6.95. The Morgan fingerprint density at radius 3 is 2.21 bits per heavy atom. The predicted octanol–water partition coefficient (Wildman–Crippen LogP) is 2.57. The van der Waals surface area contributed by atoms with Crippen molar-refractivity contribution in [2.45, 2.75) is 18.4 Å². The maximum atomic E-state index is 13.8. The molecule has 2 aromatic carbocycles. The van der Waals surface area contributed by atoms with Crippen molar-refractivity contribution in [2.24, 2.45) is 0 Å². The minimum absolute atomic E-state index is 0.120. The molecule has 6 nitrogen and oxygen atoms in total. The summed E-state index contributed by atoms with van der Waals surface area (Å²) in [5.74, 6) is -3.45. The molecular weight excluding hydrogens is 382 g/mol. The highest BCUT2D eigenvalue weighted by atomic mass is 19.4. The van der Waals surface area contributed by atoms with Crippen LogP contribution < -0.4 is 10.6 Å². The number of carbonyl (C=O) groups is 3. The number of imide groups is 1. The van der Waals surface area contributed by atoms with Gasteiger partial charge in [0.2, 0.25) is 0 Å². The van der Waals surface area contributed by atoms with E-state index in [1.54, 1.807) is 16.7 Å². The molecule has 0 spiro atoms. The van der Waals surface area contributed by atoms with E-state index in [2.05, 4.69) is 0 Å². The molecule has 0 bridgehead atoms. The van der Waals surface area contributed by atoms with Crippen molar-refractivity contribution in [3.63, 3.8) is 0 Å². The molecule has 4 amide bonds. The molecule has 1 atom stereocenters. The largest absolute Gasteiger partial charge is 0.440 e.